The number of unbranched alkanes of at least 4 members (excludes halogenated alkanes) is 28. The van der Waals surface area contributed by atoms with E-state index in [1.165, 1.54) is 154 Å². The summed E-state index contributed by atoms with van der Waals surface area (Å²) in [5.41, 5.74) is 8.21. The van der Waals surface area contributed by atoms with Gasteiger partial charge < -0.3 is 0 Å². The molecule has 0 amide bonds. The molecule has 0 atom stereocenters. The van der Waals surface area contributed by atoms with Gasteiger partial charge in [-0.1, -0.05) is 79.1 Å². The predicted octanol–water partition coefficient (Wildman–Crippen LogP) is 20.0. The van der Waals surface area contributed by atoms with Crippen LogP contribution < -0.4 is 0 Å². The summed E-state index contributed by atoms with van der Waals surface area (Å²) in [6.45, 7) is 9.12. The Labute approximate surface area is 457 Å². The smallest absolute Gasteiger partial charge is 0.0654 e. The molecule has 0 radical (unpaired) electrons. The fourth-order valence-corrected chi connectivity index (χ4v) is 17.1. The zero-order chi connectivity index (χ0) is 49.4. The Bertz CT molecular complexity index is 2210. The van der Waals surface area contributed by atoms with Crippen molar-refractivity contribution in [1.82, 2.24) is 15.9 Å². The number of nitrogens with zero attached hydrogens (tertiary/aromatic N) is 4. The first-order valence-corrected chi connectivity index (χ1v) is 33.7. The van der Waals surface area contributed by atoms with Crippen LogP contribution >= 0.6 is 38.5 Å². The van der Waals surface area contributed by atoms with E-state index in [0.29, 0.717) is 22.3 Å². The van der Waals surface area contributed by atoms with E-state index >= 15 is 8.78 Å². The molecule has 7 rings (SSSR count). The molecule has 5 aromatic rings. The third kappa shape index (κ3) is 12.8. The number of hydrogen-bond acceptors (Lipinski definition) is 4. The third-order valence-electron chi connectivity index (χ3n) is 16.7. The molecule has 2 aromatic heterocycles. The normalized spacial score (nSPS) is 14.3. The molecule has 0 N–H and O–H groups in total. The molecule has 0 saturated carbocycles. The minimum Gasteiger partial charge on any atom is -0.0654 e. The van der Waals surface area contributed by atoms with Crippen LogP contribution in [0.15, 0.2) is 16.6 Å². The molecule has 0 bridgehead atoms. The van der Waals surface area contributed by atoms with Crippen molar-refractivity contribution in [1.29, 1.82) is 0 Å². The van der Waals surface area contributed by atoms with Gasteiger partial charge in [0.05, 0.1) is 0 Å². The van der Waals surface area contributed by atoms with Gasteiger partial charge in [0.25, 0.3) is 0 Å². The van der Waals surface area contributed by atoms with Gasteiger partial charge in [0.15, 0.2) is 0 Å². The van der Waals surface area contributed by atoms with Crippen molar-refractivity contribution < 1.29 is 8.78 Å². The number of halogens is 4. The summed E-state index contributed by atoms with van der Waals surface area (Å²) < 4.78 is 61.3. The molecule has 10 heteroatoms. The summed E-state index contributed by atoms with van der Waals surface area (Å²) in [6.07, 6.45) is 42.0. The molecule has 0 saturated heterocycles. The SMILES string of the molecule is CCCCCCCCCCC1(CCCCCCCCCC)c2cc(Br)c3n[se]nc3c2-c2c(F)c3c(c(F)c21)-c1c(cc(I)c2n[se]nc12)C3(CCCCCCCCCC)CCCCCCCCCC. The Morgan fingerprint density at radius 2 is 0.686 bits per heavy atom. The van der Waals surface area contributed by atoms with Gasteiger partial charge in [-0.05, 0) is 0 Å². The molecule has 70 heavy (non-hydrogen) atoms. The van der Waals surface area contributed by atoms with Gasteiger partial charge in [0.1, 0.15) is 0 Å². The van der Waals surface area contributed by atoms with Gasteiger partial charge in [-0.3, -0.25) is 0 Å². The molecule has 0 aliphatic heterocycles. The van der Waals surface area contributed by atoms with E-state index in [4.69, 9.17) is 15.9 Å². The molecule has 4 nitrogen and oxygen atoms in total. The Balaban J connectivity index is 1.38. The second-order valence-electron chi connectivity index (χ2n) is 21.7. The number of hydrogen-bond donors (Lipinski definition) is 0. The number of aromatic nitrogens is 4. The van der Waals surface area contributed by atoms with Crippen molar-refractivity contribution in [3.8, 4) is 22.3 Å². The van der Waals surface area contributed by atoms with Crippen LogP contribution in [0.3, 0.4) is 0 Å². The summed E-state index contributed by atoms with van der Waals surface area (Å²) in [6, 6.07) is 4.55. The van der Waals surface area contributed by atoms with E-state index in [1.54, 1.807) is 0 Å². The van der Waals surface area contributed by atoms with Crippen LogP contribution in [0.1, 0.15) is 281 Å². The van der Waals surface area contributed by atoms with Crippen molar-refractivity contribution in [2.45, 2.75) is 270 Å². The summed E-state index contributed by atoms with van der Waals surface area (Å²) in [5, 5.41) is 0. The van der Waals surface area contributed by atoms with Crippen LogP contribution in [-0.4, -0.2) is 45.8 Å². The first kappa shape index (κ1) is 56.7. The number of fused-ring (bicyclic) bond motifs is 10. The minimum absolute atomic E-state index is 0.181. The Morgan fingerprint density at radius 1 is 0.400 bits per heavy atom. The molecule has 0 unspecified atom stereocenters. The molecule has 2 heterocycles. The quantitative estimate of drug-likeness (QED) is 0.0228. The molecule has 2 aliphatic rings. The maximum absolute atomic E-state index is 19.5. The maximum atomic E-state index is 19.5. The average Bonchev–Trinajstić information content (AvgIpc) is 4.16. The summed E-state index contributed by atoms with van der Waals surface area (Å²) in [4.78, 5) is 0. The number of rotatable bonds is 36. The van der Waals surface area contributed by atoms with Crippen molar-refractivity contribution in [2.75, 3.05) is 0 Å². The van der Waals surface area contributed by atoms with Gasteiger partial charge in [-0.2, -0.15) is 0 Å². The molecule has 3 aromatic carbocycles. The molecular formula is C60H86BrF2IN4Se2. The molecule has 0 fully saturated rings. The summed E-state index contributed by atoms with van der Waals surface area (Å²) in [7, 11) is 0. The average molecular weight is 1270 g/mol. The first-order chi connectivity index (χ1) is 34.3. The van der Waals surface area contributed by atoms with E-state index < -0.39 is 10.8 Å². The molecular weight excluding hydrogens is 1180 g/mol. The number of benzene rings is 3. The van der Waals surface area contributed by atoms with E-state index in [1.807, 2.05) is 0 Å². The van der Waals surface area contributed by atoms with Crippen LogP contribution in [0.4, 0.5) is 8.78 Å². The Morgan fingerprint density at radius 3 is 1.04 bits per heavy atom. The zero-order valence-corrected chi connectivity index (χ0v) is 50.9. The van der Waals surface area contributed by atoms with Crippen LogP contribution in [-0.2, 0) is 10.8 Å². The van der Waals surface area contributed by atoms with Crippen LogP contribution in [0.25, 0.3) is 44.3 Å². The molecule has 2 aliphatic carbocycles. The summed E-state index contributed by atoms with van der Waals surface area (Å²) >= 11 is 5.79. The zero-order valence-electron chi connectivity index (χ0n) is 43.7. The fourth-order valence-electron chi connectivity index (χ4n) is 12.9. The minimum atomic E-state index is -0.670. The van der Waals surface area contributed by atoms with Crippen molar-refractivity contribution >= 4 is 90.5 Å². The molecule has 0 spiro atoms. The van der Waals surface area contributed by atoms with Crippen molar-refractivity contribution in [3.63, 3.8) is 0 Å². The van der Waals surface area contributed by atoms with Gasteiger partial charge in [-0.15, -0.1) is 0 Å². The van der Waals surface area contributed by atoms with E-state index in [2.05, 4.69) is 78.3 Å². The van der Waals surface area contributed by atoms with Crippen LogP contribution in [0, 0.1) is 15.2 Å². The molecule has 386 valence electrons. The van der Waals surface area contributed by atoms with E-state index in [0.717, 1.165) is 129 Å². The van der Waals surface area contributed by atoms with Crippen molar-refractivity contribution in [2.24, 2.45) is 0 Å². The van der Waals surface area contributed by atoms with Gasteiger partial charge in [-0.25, -0.2) is 0 Å². The topological polar surface area (TPSA) is 51.6 Å². The van der Waals surface area contributed by atoms with Gasteiger partial charge >= 0.3 is 382 Å². The van der Waals surface area contributed by atoms with E-state index in [-0.39, 0.29) is 41.6 Å². The predicted molar refractivity (Wildman–Crippen MR) is 308 cm³/mol. The standard InChI is InChI=1S/C60H86BrF2IN4Se2/c1-5-9-13-17-21-25-29-33-37-59(38-34-30-26-22-18-14-10-6-2)43-41-45(61)55-57(67-69-65-55)47(43)49-51(59)54(63)50-48-44(42-46(64)56-58(48)68-70-66-56)60(52(50)53(49)62,39-35-31-27-23-19-15-11-7-3)40-36-32-28-24-20-16-12-8-4/h41-42H,5-40H2,1-4H3. The Kier molecular flexibility index (Phi) is 23.3. The third-order valence-corrected chi connectivity index (χ3v) is 20.3. The van der Waals surface area contributed by atoms with Gasteiger partial charge in [0.2, 0.25) is 0 Å². The monoisotopic (exact) mass is 1270 g/mol. The first-order valence-electron chi connectivity index (χ1n) is 28.8. The van der Waals surface area contributed by atoms with Crippen molar-refractivity contribution in [3.05, 3.63) is 54.1 Å². The fraction of sp³-hybridized carbons (Fsp3) is 0.700. The second kappa shape index (κ2) is 28.8. The second-order valence-corrected chi connectivity index (χ2v) is 25.9. The van der Waals surface area contributed by atoms with Gasteiger partial charge in [0, 0.05) is 0 Å². The van der Waals surface area contributed by atoms with Crippen LogP contribution in [0.2, 0.25) is 0 Å². The van der Waals surface area contributed by atoms with E-state index in [9.17, 15) is 0 Å². The van der Waals surface area contributed by atoms with Crippen LogP contribution in [0.5, 0.6) is 0 Å². The Hall–Kier alpha value is -1.03. The summed E-state index contributed by atoms with van der Waals surface area (Å²) in [5.74, 6) is -0.361.